The van der Waals surface area contributed by atoms with Crippen molar-refractivity contribution in [2.24, 2.45) is 5.73 Å². The summed E-state index contributed by atoms with van der Waals surface area (Å²) in [6.07, 6.45) is 3.28. The Labute approximate surface area is 133 Å². The highest BCUT2D eigenvalue weighted by Gasteiger charge is 2.34. The standard InChI is InChI=1S/C15H17ClN4O2/c1-10-8-11(4-5-12(10)16)13(21)19-15(2,14(17)22)9-20-7-3-6-18-20/h3-8H,9H2,1-2H3,(H2,17,22)(H,19,21). The van der Waals surface area contributed by atoms with E-state index < -0.39 is 17.4 Å². The van der Waals surface area contributed by atoms with Crippen LogP contribution in [0.3, 0.4) is 0 Å². The van der Waals surface area contributed by atoms with Gasteiger partial charge in [0.25, 0.3) is 5.91 Å². The quantitative estimate of drug-likeness (QED) is 0.875. The lowest BCUT2D eigenvalue weighted by atomic mass is 10.0. The second kappa shape index (κ2) is 6.19. The van der Waals surface area contributed by atoms with Gasteiger partial charge in [-0.05, 0) is 43.7 Å². The number of nitrogens with zero attached hydrogens (tertiary/aromatic N) is 2. The maximum atomic E-state index is 12.4. The van der Waals surface area contributed by atoms with Crippen molar-refractivity contribution in [1.29, 1.82) is 0 Å². The highest BCUT2D eigenvalue weighted by molar-refractivity contribution is 6.31. The van der Waals surface area contributed by atoms with E-state index in [-0.39, 0.29) is 6.54 Å². The molecule has 0 bridgehead atoms. The van der Waals surface area contributed by atoms with Gasteiger partial charge in [0, 0.05) is 23.0 Å². The molecular formula is C15H17ClN4O2. The van der Waals surface area contributed by atoms with Crippen LogP contribution in [0.4, 0.5) is 0 Å². The molecule has 3 N–H and O–H groups in total. The molecule has 0 fully saturated rings. The Morgan fingerprint density at radius 2 is 2.18 bits per heavy atom. The summed E-state index contributed by atoms with van der Waals surface area (Å²) in [5, 5.41) is 7.28. The number of hydrogen-bond acceptors (Lipinski definition) is 3. The van der Waals surface area contributed by atoms with Gasteiger partial charge in [0.15, 0.2) is 0 Å². The van der Waals surface area contributed by atoms with Gasteiger partial charge in [0.05, 0.1) is 6.54 Å². The van der Waals surface area contributed by atoms with Gasteiger partial charge in [0.1, 0.15) is 5.54 Å². The predicted molar refractivity (Wildman–Crippen MR) is 83.5 cm³/mol. The molecule has 0 spiro atoms. The van der Waals surface area contributed by atoms with E-state index in [9.17, 15) is 9.59 Å². The van der Waals surface area contributed by atoms with Crippen molar-refractivity contribution in [2.75, 3.05) is 0 Å². The van der Waals surface area contributed by atoms with Gasteiger partial charge in [-0.2, -0.15) is 5.10 Å². The molecule has 0 aliphatic carbocycles. The number of aromatic nitrogens is 2. The molecule has 1 unspecified atom stereocenters. The summed E-state index contributed by atoms with van der Waals surface area (Å²) in [4.78, 5) is 24.1. The average Bonchev–Trinajstić information content (AvgIpc) is 2.94. The molecule has 1 aromatic heterocycles. The molecule has 1 heterocycles. The Morgan fingerprint density at radius 3 is 2.73 bits per heavy atom. The van der Waals surface area contributed by atoms with E-state index in [1.165, 1.54) is 4.68 Å². The monoisotopic (exact) mass is 320 g/mol. The van der Waals surface area contributed by atoms with Crippen LogP contribution in [0, 0.1) is 6.92 Å². The Hall–Kier alpha value is -2.34. The highest BCUT2D eigenvalue weighted by atomic mass is 35.5. The summed E-state index contributed by atoms with van der Waals surface area (Å²) in [5.41, 5.74) is 5.39. The molecule has 2 amide bonds. The Kier molecular flexibility index (Phi) is 4.51. The molecular weight excluding hydrogens is 304 g/mol. The topological polar surface area (TPSA) is 90.0 Å². The maximum absolute atomic E-state index is 12.4. The van der Waals surface area contributed by atoms with Crippen molar-refractivity contribution >= 4 is 23.4 Å². The summed E-state index contributed by atoms with van der Waals surface area (Å²) in [5.74, 6) is -1.03. The largest absolute Gasteiger partial charge is 0.368 e. The number of carbonyl (C=O) groups excluding carboxylic acids is 2. The van der Waals surface area contributed by atoms with Crippen LogP contribution in [0.15, 0.2) is 36.7 Å². The maximum Gasteiger partial charge on any atom is 0.252 e. The number of carbonyl (C=O) groups is 2. The minimum absolute atomic E-state index is 0.146. The normalized spacial score (nSPS) is 13.4. The van der Waals surface area contributed by atoms with Gasteiger partial charge >= 0.3 is 0 Å². The second-order valence-corrected chi connectivity index (χ2v) is 5.73. The SMILES string of the molecule is Cc1cc(C(=O)NC(C)(Cn2cccn2)C(N)=O)ccc1Cl. The number of amides is 2. The van der Waals surface area contributed by atoms with E-state index in [1.54, 1.807) is 50.5 Å². The van der Waals surface area contributed by atoms with Gasteiger partial charge in [0.2, 0.25) is 5.91 Å². The number of halogens is 1. The molecule has 0 radical (unpaired) electrons. The lowest BCUT2D eigenvalue weighted by molar-refractivity contribution is -0.124. The van der Waals surface area contributed by atoms with Gasteiger partial charge in [-0.15, -0.1) is 0 Å². The molecule has 1 aromatic carbocycles. The van der Waals surface area contributed by atoms with E-state index in [1.807, 2.05) is 0 Å². The molecule has 116 valence electrons. The van der Waals surface area contributed by atoms with Crippen LogP contribution in [0.1, 0.15) is 22.8 Å². The molecule has 0 saturated carbocycles. The van der Waals surface area contributed by atoms with Gasteiger partial charge < -0.3 is 11.1 Å². The van der Waals surface area contributed by atoms with Gasteiger partial charge in [-0.25, -0.2) is 0 Å². The molecule has 1 atom stereocenters. The highest BCUT2D eigenvalue weighted by Crippen LogP contribution is 2.17. The predicted octanol–water partition coefficient (Wildman–Crippen LogP) is 1.52. The fourth-order valence-corrected chi connectivity index (χ4v) is 2.12. The summed E-state index contributed by atoms with van der Waals surface area (Å²) >= 11 is 5.95. The van der Waals surface area contributed by atoms with Crippen molar-refractivity contribution in [1.82, 2.24) is 15.1 Å². The number of aryl methyl sites for hydroxylation is 1. The number of rotatable bonds is 5. The molecule has 0 aliphatic rings. The van der Waals surface area contributed by atoms with Crippen molar-refractivity contribution in [2.45, 2.75) is 25.9 Å². The van der Waals surface area contributed by atoms with Crippen LogP contribution >= 0.6 is 11.6 Å². The summed E-state index contributed by atoms with van der Waals surface area (Å²) in [6, 6.07) is 6.62. The van der Waals surface area contributed by atoms with E-state index in [2.05, 4.69) is 10.4 Å². The first-order valence-electron chi connectivity index (χ1n) is 6.68. The first kappa shape index (κ1) is 16.0. The smallest absolute Gasteiger partial charge is 0.252 e. The zero-order valence-corrected chi connectivity index (χ0v) is 13.1. The minimum atomic E-state index is -1.25. The van der Waals surface area contributed by atoms with Crippen LogP contribution in [0.5, 0.6) is 0 Å². The van der Waals surface area contributed by atoms with Gasteiger partial charge in [-0.3, -0.25) is 14.3 Å². The number of primary amides is 1. The van der Waals surface area contributed by atoms with Crippen LogP contribution in [-0.2, 0) is 11.3 Å². The zero-order valence-electron chi connectivity index (χ0n) is 12.3. The Balaban J connectivity index is 2.21. The summed E-state index contributed by atoms with van der Waals surface area (Å²) in [6.45, 7) is 3.52. The Bertz CT molecular complexity index is 700. The number of benzene rings is 1. The molecule has 2 rings (SSSR count). The van der Waals surface area contributed by atoms with E-state index >= 15 is 0 Å². The van der Waals surface area contributed by atoms with Gasteiger partial charge in [-0.1, -0.05) is 11.6 Å². The third kappa shape index (κ3) is 3.46. The molecule has 6 nitrogen and oxygen atoms in total. The molecule has 22 heavy (non-hydrogen) atoms. The summed E-state index contributed by atoms with van der Waals surface area (Å²) < 4.78 is 1.54. The molecule has 2 aromatic rings. The lowest BCUT2D eigenvalue weighted by Gasteiger charge is -2.27. The van der Waals surface area contributed by atoms with Crippen LogP contribution in [0.2, 0.25) is 5.02 Å². The second-order valence-electron chi connectivity index (χ2n) is 5.32. The third-order valence-electron chi connectivity index (χ3n) is 3.39. The van der Waals surface area contributed by atoms with E-state index in [4.69, 9.17) is 17.3 Å². The van der Waals surface area contributed by atoms with E-state index in [0.29, 0.717) is 10.6 Å². The lowest BCUT2D eigenvalue weighted by Crippen LogP contribution is -2.57. The van der Waals surface area contributed by atoms with Crippen molar-refractivity contribution in [3.05, 3.63) is 52.8 Å². The fraction of sp³-hybridized carbons (Fsp3) is 0.267. The Morgan fingerprint density at radius 1 is 1.45 bits per heavy atom. The number of hydrogen-bond donors (Lipinski definition) is 2. The first-order chi connectivity index (χ1) is 10.3. The fourth-order valence-electron chi connectivity index (χ4n) is 2.01. The van der Waals surface area contributed by atoms with Crippen molar-refractivity contribution in [3.8, 4) is 0 Å². The van der Waals surface area contributed by atoms with Crippen LogP contribution in [-0.4, -0.2) is 27.1 Å². The number of nitrogens with one attached hydrogen (secondary N) is 1. The molecule has 0 saturated heterocycles. The van der Waals surface area contributed by atoms with Crippen molar-refractivity contribution < 1.29 is 9.59 Å². The average molecular weight is 321 g/mol. The molecule has 7 heteroatoms. The summed E-state index contributed by atoms with van der Waals surface area (Å²) in [7, 11) is 0. The van der Waals surface area contributed by atoms with Crippen LogP contribution < -0.4 is 11.1 Å². The van der Waals surface area contributed by atoms with E-state index in [0.717, 1.165) is 5.56 Å². The number of nitrogens with two attached hydrogens (primary N) is 1. The minimum Gasteiger partial charge on any atom is -0.368 e. The van der Waals surface area contributed by atoms with Crippen LogP contribution in [0.25, 0.3) is 0 Å². The third-order valence-corrected chi connectivity index (χ3v) is 3.81. The first-order valence-corrected chi connectivity index (χ1v) is 7.05. The van der Waals surface area contributed by atoms with Crippen molar-refractivity contribution in [3.63, 3.8) is 0 Å². The zero-order chi connectivity index (χ0) is 16.3. The molecule has 0 aliphatic heterocycles.